The molecule has 1 atom stereocenters. The predicted octanol–water partition coefficient (Wildman–Crippen LogP) is 2.24. The van der Waals surface area contributed by atoms with Crippen LogP contribution in [0.15, 0.2) is 24.3 Å². The van der Waals surface area contributed by atoms with Gasteiger partial charge in [-0.1, -0.05) is 18.2 Å². The Morgan fingerprint density at radius 1 is 1.29 bits per heavy atom. The molecule has 5 nitrogen and oxygen atoms in total. The second kappa shape index (κ2) is 7.55. The number of primary amides is 1. The zero-order valence-corrected chi connectivity index (χ0v) is 13.0. The number of halogens is 3. The van der Waals surface area contributed by atoms with Crippen molar-refractivity contribution in [3.63, 3.8) is 0 Å². The van der Waals surface area contributed by atoms with Gasteiger partial charge in [-0.2, -0.15) is 0 Å². The number of ether oxygens (including phenoxy) is 1. The molecule has 0 unspecified atom stereocenters. The second-order valence-corrected chi connectivity index (χ2v) is 5.74. The number of amides is 2. The van der Waals surface area contributed by atoms with E-state index in [1.807, 2.05) is 0 Å². The Morgan fingerprint density at radius 3 is 2.67 bits per heavy atom. The molecule has 0 radical (unpaired) electrons. The van der Waals surface area contributed by atoms with E-state index in [4.69, 9.17) is 5.73 Å². The quantitative estimate of drug-likeness (QED) is 0.890. The summed E-state index contributed by atoms with van der Waals surface area (Å²) in [5.41, 5.74) is 5.58. The lowest BCUT2D eigenvalue weighted by molar-refractivity contribution is -0.274. The summed E-state index contributed by atoms with van der Waals surface area (Å²) in [4.78, 5) is 25.0. The minimum atomic E-state index is -4.78. The van der Waals surface area contributed by atoms with Crippen LogP contribution >= 0.6 is 0 Å². The van der Waals surface area contributed by atoms with Crippen LogP contribution in [-0.4, -0.2) is 36.2 Å². The Balaban J connectivity index is 1.96. The molecule has 1 aliphatic heterocycles. The highest BCUT2D eigenvalue weighted by molar-refractivity contribution is 5.80. The minimum absolute atomic E-state index is 0.0453. The molecule has 2 amide bonds. The third-order valence-corrected chi connectivity index (χ3v) is 3.98. The van der Waals surface area contributed by atoms with E-state index in [1.165, 1.54) is 18.2 Å². The molecule has 1 aliphatic rings. The summed E-state index contributed by atoms with van der Waals surface area (Å²) < 4.78 is 41.1. The van der Waals surface area contributed by atoms with Crippen molar-refractivity contribution >= 4 is 11.8 Å². The Morgan fingerprint density at radius 2 is 2.00 bits per heavy atom. The molecular weight excluding hydrogens is 325 g/mol. The first-order valence-electron chi connectivity index (χ1n) is 7.67. The molecule has 1 aromatic rings. The van der Waals surface area contributed by atoms with Gasteiger partial charge in [-0.15, -0.1) is 13.2 Å². The standard InChI is InChI=1S/C16H19F3N2O3/c17-16(18,19)24-13-6-2-1-4-11(13)7-8-14(22)21-9-3-5-12(10-21)15(20)23/h1-2,4,6,12H,3,5,7-10H2,(H2,20,23)/t12-/m1/s1. The van der Waals surface area contributed by atoms with Gasteiger partial charge in [-0.3, -0.25) is 9.59 Å². The normalized spacial score (nSPS) is 18.3. The number of hydrogen-bond donors (Lipinski definition) is 1. The fourth-order valence-corrected chi connectivity index (χ4v) is 2.77. The van der Waals surface area contributed by atoms with Crippen LogP contribution in [0.25, 0.3) is 0 Å². The number of alkyl halides is 3. The van der Waals surface area contributed by atoms with Gasteiger partial charge in [0.15, 0.2) is 0 Å². The van der Waals surface area contributed by atoms with Crippen LogP contribution in [0.3, 0.4) is 0 Å². The van der Waals surface area contributed by atoms with Gasteiger partial charge in [0.25, 0.3) is 0 Å². The van der Waals surface area contributed by atoms with Crippen molar-refractivity contribution < 1.29 is 27.5 Å². The SMILES string of the molecule is NC(=O)[C@@H]1CCCN(C(=O)CCc2ccccc2OC(F)(F)F)C1. The fraction of sp³-hybridized carbons (Fsp3) is 0.500. The summed E-state index contributed by atoms with van der Waals surface area (Å²) in [6, 6.07) is 5.75. The smallest absolute Gasteiger partial charge is 0.406 e. The number of likely N-dealkylation sites (tertiary alicyclic amines) is 1. The van der Waals surface area contributed by atoms with Crippen molar-refractivity contribution in [3.05, 3.63) is 29.8 Å². The molecule has 8 heteroatoms. The lowest BCUT2D eigenvalue weighted by atomic mass is 9.97. The summed E-state index contributed by atoms with van der Waals surface area (Å²) in [6.07, 6.45) is -3.26. The molecule has 0 aliphatic carbocycles. The molecule has 0 bridgehead atoms. The van der Waals surface area contributed by atoms with Crippen molar-refractivity contribution in [2.24, 2.45) is 11.7 Å². The van der Waals surface area contributed by atoms with Crippen molar-refractivity contribution in [1.82, 2.24) is 4.90 Å². The lowest BCUT2D eigenvalue weighted by Crippen LogP contribution is -2.44. The zero-order chi connectivity index (χ0) is 17.7. The summed E-state index contributed by atoms with van der Waals surface area (Å²) >= 11 is 0. The van der Waals surface area contributed by atoms with Crippen molar-refractivity contribution in [2.75, 3.05) is 13.1 Å². The van der Waals surface area contributed by atoms with Crippen LogP contribution in [0, 0.1) is 5.92 Å². The van der Waals surface area contributed by atoms with E-state index in [-0.39, 0.29) is 37.0 Å². The number of carbonyl (C=O) groups excluding carboxylic acids is 2. The van der Waals surface area contributed by atoms with E-state index in [1.54, 1.807) is 11.0 Å². The van der Waals surface area contributed by atoms with Crippen LogP contribution in [0.5, 0.6) is 5.75 Å². The molecule has 2 rings (SSSR count). The van der Waals surface area contributed by atoms with Gasteiger partial charge < -0.3 is 15.4 Å². The molecule has 0 aromatic heterocycles. The van der Waals surface area contributed by atoms with Crippen LogP contribution in [0.1, 0.15) is 24.8 Å². The first-order valence-corrected chi connectivity index (χ1v) is 7.67. The van der Waals surface area contributed by atoms with E-state index in [0.717, 1.165) is 0 Å². The molecule has 1 heterocycles. The summed E-state index contributed by atoms with van der Waals surface area (Å²) in [5.74, 6) is -1.30. The highest BCUT2D eigenvalue weighted by Crippen LogP contribution is 2.27. The Labute approximate surface area is 137 Å². The number of rotatable bonds is 5. The van der Waals surface area contributed by atoms with Gasteiger partial charge >= 0.3 is 6.36 Å². The van der Waals surface area contributed by atoms with Crippen molar-refractivity contribution in [3.8, 4) is 5.75 Å². The molecule has 132 valence electrons. The first-order chi connectivity index (χ1) is 11.3. The third kappa shape index (κ3) is 5.14. The number of aryl methyl sites for hydroxylation is 1. The molecule has 0 spiro atoms. The molecule has 2 N–H and O–H groups in total. The number of carbonyl (C=O) groups is 2. The van der Waals surface area contributed by atoms with Crippen molar-refractivity contribution in [1.29, 1.82) is 0 Å². The lowest BCUT2D eigenvalue weighted by Gasteiger charge is -2.31. The first kappa shape index (κ1) is 18.1. The summed E-state index contributed by atoms with van der Waals surface area (Å²) in [7, 11) is 0. The van der Waals surface area contributed by atoms with Gasteiger partial charge in [0.2, 0.25) is 11.8 Å². The molecule has 1 aromatic carbocycles. The molecule has 1 saturated heterocycles. The Hall–Kier alpha value is -2.25. The molecule has 1 fully saturated rings. The third-order valence-electron chi connectivity index (χ3n) is 3.98. The number of piperidine rings is 1. The van der Waals surface area contributed by atoms with E-state index in [9.17, 15) is 22.8 Å². The average molecular weight is 344 g/mol. The van der Waals surface area contributed by atoms with Gasteiger partial charge in [0, 0.05) is 19.5 Å². The average Bonchev–Trinajstić information content (AvgIpc) is 2.52. The summed E-state index contributed by atoms with van der Waals surface area (Å²) in [5, 5.41) is 0. The van der Waals surface area contributed by atoms with Crippen LogP contribution in [0.4, 0.5) is 13.2 Å². The molecule has 24 heavy (non-hydrogen) atoms. The summed E-state index contributed by atoms with van der Waals surface area (Å²) in [6.45, 7) is 0.804. The van der Waals surface area contributed by atoms with E-state index in [0.29, 0.717) is 24.9 Å². The van der Waals surface area contributed by atoms with E-state index in [2.05, 4.69) is 4.74 Å². The highest BCUT2D eigenvalue weighted by atomic mass is 19.4. The van der Waals surface area contributed by atoms with Crippen LogP contribution in [-0.2, 0) is 16.0 Å². The topological polar surface area (TPSA) is 72.6 Å². The van der Waals surface area contributed by atoms with Gasteiger partial charge in [0.05, 0.1) is 5.92 Å². The molecular formula is C16H19F3N2O3. The van der Waals surface area contributed by atoms with Crippen molar-refractivity contribution in [2.45, 2.75) is 32.0 Å². The highest BCUT2D eigenvalue weighted by Gasteiger charge is 2.32. The van der Waals surface area contributed by atoms with Crippen LogP contribution in [0.2, 0.25) is 0 Å². The van der Waals surface area contributed by atoms with Crippen LogP contribution < -0.4 is 10.5 Å². The zero-order valence-electron chi connectivity index (χ0n) is 13.0. The second-order valence-electron chi connectivity index (χ2n) is 5.74. The number of hydrogen-bond acceptors (Lipinski definition) is 3. The number of nitrogens with zero attached hydrogens (tertiary/aromatic N) is 1. The predicted molar refractivity (Wildman–Crippen MR) is 79.9 cm³/mol. The van der Waals surface area contributed by atoms with Gasteiger partial charge in [-0.05, 0) is 30.9 Å². The Bertz CT molecular complexity index is 604. The Kier molecular flexibility index (Phi) is 5.69. The van der Waals surface area contributed by atoms with E-state index < -0.39 is 12.3 Å². The van der Waals surface area contributed by atoms with E-state index >= 15 is 0 Å². The largest absolute Gasteiger partial charge is 0.573 e. The fourth-order valence-electron chi connectivity index (χ4n) is 2.77. The maximum atomic E-state index is 12.4. The number of para-hydroxylation sites is 1. The molecule has 0 saturated carbocycles. The number of benzene rings is 1. The maximum Gasteiger partial charge on any atom is 0.573 e. The minimum Gasteiger partial charge on any atom is -0.406 e. The van der Waals surface area contributed by atoms with Gasteiger partial charge in [0.1, 0.15) is 5.75 Å². The monoisotopic (exact) mass is 344 g/mol. The maximum absolute atomic E-state index is 12.4. The van der Waals surface area contributed by atoms with Gasteiger partial charge in [-0.25, -0.2) is 0 Å². The number of nitrogens with two attached hydrogens (primary N) is 1.